The minimum atomic E-state index is -0.102. The van der Waals surface area contributed by atoms with E-state index in [9.17, 15) is 4.79 Å². The predicted molar refractivity (Wildman–Crippen MR) is 134 cm³/mol. The summed E-state index contributed by atoms with van der Waals surface area (Å²) in [5.41, 5.74) is 5.08. The first kappa shape index (κ1) is 21.5. The van der Waals surface area contributed by atoms with Crippen LogP contribution in [0, 0.1) is 6.92 Å². The molecule has 8 nitrogen and oxygen atoms in total. The van der Waals surface area contributed by atoms with Crippen molar-refractivity contribution in [2.45, 2.75) is 6.92 Å². The van der Waals surface area contributed by atoms with Gasteiger partial charge in [-0.15, -0.1) is 0 Å². The Kier molecular flexibility index (Phi) is 5.63. The fraction of sp³-hybridized carbons (Fsp3) is 0.192. The first-order chi connectivity index (χ1) is 16.6. The van der Waals surface area contributed by atoms with E-state index in [4.69, 9.17) is 9.72 Å². The Morgan fingerprint density at radius 2 is 1.97 bits per heavy atom. The fourth-order valence-corrected chi connectivity index (χ4v) is 4.13. The van der Waals surface area contributed by atoms with Crippen molar-refractivity contribution >= 4 is 28.3 Å². The van der Waals surface area contributed by atoms with E-state index in [1.54, 1.807) is 13.3 Å². The van der Waals surface area contributed by atoms with Crippen molar-refractivity contribution in [2.24, 2.45) is 0 Å². The van der Waals surface area contributed by atoms with Crippen LogP contribution in [-0.2, 0) is 0 Å². The quantitative estimate of drug-likeness (QED) is 0.387. The van der Waals surface area contributed by atoms with E-state index in [0.717, 1.165) is 44.9 Å². The van der Waals surface area contributed by atoms with Gasteiger partial charge in [-0.25, -0.2) is 4.98 Å². The van der Waals surface area contributed by atoms with Crippen LogP contribution in [0.3, 0.4) is 0 Å². The number of likely N-dealkylation sites (N-methyl/N-ethyl adjacent to an activating group) is 1. The van der Waals surface area contributed by atoms with Gasteiger partial charge in [0, 0.05) is 54.4 Å². The standard InChI is InChI=1S/C26H26N6O2/c1-17-15-29-32-24(14-22(30-25(17)32)19-9-5-7-11-23(19)34-3)31(2)13-12-27-26(33)20-16-28-21-10-6-4-8-18(20)21/h4-11,14-16,28H,12-13H2,1-3H3,(H,27,33). The van der Waals surface area contributed by atoms with E-state index in [0.29, 0.717) is 18.7 Å². The SMILES string of the molecule is COc1ccccc1-c1cc(N(C)CCNC(=O)c2c[nH]c3ccccc23)n2ncc(C)c2n1. The molecule has 0 atom stereocenters. The lowest BCUT2D eigenvalue weighted by atomic mass is 10.1. The molecule has 0 fully saturated rings. The van der Waals surface area contributed by atoms with Crippen LogP contribution in [0.5, 0.6) is 5.75 Å². The maximum absolute atomic E-state index is 12.8. The lowest BCUT2D eigenvalue weighted by Gasteiger charge is -2.21. The number of nitrogens with zero attached hydrogens (tertiary/aromatic N) is 4. The Hall–Kier alpha value is -4.33. The third-order valence-electron chi connectivity index (χ3n) is 5.97. The van der Waals surface area contributed by atoms with Crippen LogP contribution in [-0.4, -0.2) is 52.7 Å². The van der Waals surface area contributed by atoms with Crippen molar-refractivity contribution in [3.05, 3.63) is 78.1 Å². The third kappa shape index (κ3) is 3.83. The zero-order valence-electron chi connectivity index (χ0n) is 19.4. The molecule has 0 aliphatic rings. The third-order valence-corrected chi connectivity index (χ3v) is 5.97. The normalized spacial score (nSPS) is 11.1. The van der Waals surface area contributed by atoms with Crippen molar-refractivity contribution in [3.63, 3.8) is 0 Å². The molecular weight excluding hydrogens is 428 g/mol. The molecule has 0 spiro atoms. The molecule has 0 saturated carbocycles. The van der Waals surface area contributed by atoms with E-state index in [2.05, 4.69) is 20.3 Å². The second kappa shape index (κ2) is 8.90. The molecule has 3 aromatic heterocycles. The number of nitrogens with one attached hydrogen (secondary N) is 2. The van der Waals surface area contributed by atoms with Gasteiger partial charge < -0.3 is 19.9 Å². The summed E-state index contributed by atoms with van der Waals surface area (Å²) in [6.45, 7) is 3.06. The number of aryl methyl sites for hydroxylation is 1. The number of aromatic nitrogens is 4. The highest BCUT2D eigenvalue weighted by Gasteiger charge is 2.17. The fourth-order valence-electron chi connectivity index (χ4n) is 4.13. The van der Waals surface area contributed by atoms with Crippen LogP contribution >= 0.6 is 0 Å². The number of carbonyl (C=O) groups is 1. The number of para-hydroxylation sites is 2. The van der Waals surface area contributed by atoms with Gasteiger partial charge >= 0.3 is 0 Å². The van der Waals surface area contributed by atoms with Crippen LogP contribution in [0.25, 0.3) is 27.8 Å². The molecule has 0 aliphatic heterocycles. The smallest absolute Gasteiger partial charge is 0.253 e. The summed E-state index contributed by atoms with van der Waals surface area (Å²) in [6.07, 6.45) is 3.56. The number of amides is 1. The van der Waals surface area contributed by atoms with Gasteiger partial charge in [-0.1, -0.05) is 30.3 Å². The minimum absolute atomic E-state index is 0.102. The highest BCUT2D eigenvalue weighted by Crippen LogP contribution is 2.31. The summed E-state index contributed by atoms with van der Waals surface area (Å²) in [7, 11) is 3.64. The Balaban J connectivity index is 1.38. The Labute approximate surface area is 197 Å². The summed E-state index contributed by atoms with van der Waals surface area (Å²) in [6, 6.07) is 17.6. The molecule has 34 heavy (non-hydrogen) atoms. The monoisotopic (exact) mass is 454 g/mol. The van der Waals surface area contributed by atoms with Gasteiger partial charge in [0.25, 0.3) is 5.91 Å². The second-order valence-corrected chi connectivity index (χ2v) is 8.19. The van der Waals surface area contributed by atoms with Crippen LogP contribution in [0.2, 0.25) is 0 Å². The largest absolute Gasteiger partial charge is 0.496 e. The van der Waals surface area contributed by atoms with Crippen LogP contribution in [0.1, 0.15) is 15.9 Å². The summed E-state index contributed by atoms with van der Waals surface area (Å²) in [5, 5.41) is 8.47. The van der Waals surface area contributed by atoms with Crippen molar-refractivity contribution in [1.82, 2.24) is 24.9 Å². The van der Waals surface area contributed by atoms with Gasteiger partial charge in [-0.2, -0.15) is 9.61 Å². The number of carbonyl (C=O) groups excluding carboxylic acids is 1. The average molecular weight is 455 g/mol. The average Bonchev–Trinajstić information content (AvgIpc) is 3.47. The second-order valence-electron chi connectivity index (χ2n) is 8.19. The molecule has 0 bridgehead atoms. The molecule has 0 aliphatic carbocycles. The van der Waals surface area contributed by atoms with Gasteiger partial charge in [-0.05, 0) is 25.1 Å². The Bertz CT molecular complexity index is 1490. The first-order valence-corrected chi connectivity index (χ1v) is 11.1. The van der Waals surface area contributed by atoms with Gasteiger partial charge in [0.2, 0.25) is 0 Å². The molecule has 2 aromatic carbocycles. The van der Waals surface area contributed by atoms with Crippen molar-refractivity contribution < 1.29 is 9.53 Å². The van der Waals surface area contributed by atoms with E-state index in [1.165, 1.54) is 0 Å². The predicted octanol–water partition coefficient (Wildman–Crippen LogP) is 4.06. The van der Waals surface area contributed by atoms with Gasteiger partial charge in [0.1, 0.15) is 11.6 Å². The number of ether oxygens (including phenoxy) is 1. The summed E-state index contributed by atoms with van der Waals surface area (Å²) in [4.78, 5) is 22.8. The molecular formula is C26H26N6O2. The molecule has 1 amide bonds. The molecule has 172 valence electrons. The highest BCUT2D eigenvalue weighted by molar-refractivity contribution is 6.06. The Morgan fingerprint density at radius 3 is 2.82 bits per heavy atom. The van der Waals surface area contributed by atoms with Crippen molar-refractivity contribution in [1.29, 1.82) is 0 Å². The maximum atomic E-state index is 12.8. The number of fused-ring (bicyclic) bond motifs is 2. The number of H-pyrrole nitrogens is 1. The van der Waals surface area contributed by atoms with E-state index < -0.39 is 0 Å². The molecule has 0 radical (unpaired) electrons. The van der Waals surface area contributed by atoms with Crippen LogP contribution in [0.4, 0.5) is 5.82 Å². The molecule has 2 N–H and O–H groups in total. The highest BCUT2D eigenvalue weighted by atomic mass is 16.5. The molecule has 0 saturated heterocycles. The van der Waals surface area contributed by atoms with E-state index in [-0.39, 0.29) is 5.91 Å². The summed E-state index contributed by atoms with van der Waals surface area (Å²) >= 11 is 0. The summed E-state index contributed by atoms with van der Waals surface area (Å²) in [5.74, 6) is 1.53. The number of aromatic amines is 1. The molecule has 5 rings (SSSR count). The number of methoxy groups -OCH3 is 1. The first-order valence-electron chi connectivity index (χ1n) is 11.1. The maximum Gasteiger partial charge on any atom is 0.253 e. The summed E-state index contributed by atoms with van der Waals surface area (Å²) < 4.78 is 7.38. The number of hydrogen-bond acceptors (Lipinski definition) is 5. The molecule has 3 heterocycles. The Morgan fingerprint density at radius 1 is 1.18 bits per heavy atom. The van der Waals surface area contributed by atoms with Crippen molar-refractivity contribution in [2.75, 3.05) is 32.1 Å². The van der Waals surface area contributed by atoms with Gasteiger partial charge in [-0.3, -0.25) is 4.79 Å². The zero-order chi connectivity index (χ0) is 23.7. The lowest BCUT2D eigenvalue weighted by Crippen LogP contribution is -2.33. The zero-order valence-corrected chi connectivity index (χ0v) is 19.4. The number of rotatable bonds is 7. The van der Waals surface area contributed by atoms with E-state index >= 15 is 0 Å². The number of benzene rings is 2. The number of anilines is 1. The van der Waals surface area contributed by atoms with Crippen molar-refractivity contribution in [3.8, 4) is 17.0 Å². The molecule has 8 heteroatoms. The molecule has 0 unspecified atom stereocenters. The van der Waals surface area contributed by atoms with Crippen LogP contribution in [0.15, 0.2) is 67.0 Å². The van der Waals surface area contributed by atoms with Gasteiger partial charge in [0.05, 0.1) is 24.6 Å². The number of hydrogen-bond donors (Lipinski definition) is 2. The lowest BCUT2D eigenvalue weighted by molar-refractivity contribution is 0.0956. The van der Waals surface area contributed by atoms with E-state index in [1.807, 2.05) is 79.3 Å². The van der Waals surface area contributed by atoms with Gasteiger partial charge in [0.15, 0.2) is 5.65 Å². The molecule has 5 aromatic rings. The minimum Gasteiger partial charge on any atom is -0.496 e. The van der Waals surface area contributed by atoms with Crippen LogP contribution < -0.4 is 15.0 Å². The topological polar surface area (TPSA) is 87.5 Å².